The number of methoxy groups -OCH3 is 1. The Morgan fingerprint density at radius 3 is 2.78 bits per heavy atom. The molecule has 1 heterocycles. The third-order valence-electron chi connectivity index (χ3n) is 2.71. The summed E-state index contributed by atoms with van der Waals surface area (Å²) >= 11 is 1.47. The van der Waals surface area contributed by atoms with Crippen molar-refractivity contribution in [1.29, 1.82) is 5.26 Å². The van der Waals surface area contributed by atoms with Crippen LogP contribution in [0.3, 0.4) is 0 Å². The summed E-state index contributed by atoms with van der Waals surface area (Å²) in [7, 11) is 1.67. The summed E-state index contributed by atoms with van der Waals surface area (Å²) in [6, 6.07) is 10.1. The van der Waals surface area contributed by atoms with Crippen LogP contribution in [-0.4, -0.2) is 12.1 Å². The predicted octanol–water partition coefficient (Wildman–Crippen LogP) is 3.18. The molecule has 0 radical (unpaired) electrons. The number of nitrogens with zero attached hydrogens (tertiary/aromatic N) is 2. The third kappa shape index (κ3) is 2.52. The highest BCUT2D eigenvalue weighted by Gasteiger charge is 2.11. The lowest BCUT2D eigenvalue weighted by Crippen LogP contribution is -1.93. The predicted molar refractivity (Wildman–Crippen MR) is 72.0 cm³/mol. The largest absolute Gasteiger partial charge is 0.496 e. The maximum atomic E-state index is 9.03. The van der Waals surface area contributed by atoms with E-state index in [-0.39, 0.29) is 0 Å². The molecular weight excluding hydrogens is 244 g/mol. The lowest BCUT2D eigenvalue weighted by Gasteiger charge is -2.05. The summed E-state index contributed by atoms with van der Waals surface area (Å²) in [5.41, 5.74) is 1.99. The van der Waals surface area contributed by atoms with Gasteiger partial charge in [-0.2, -0.15) is 5.26 Å². The van der Waals surface area contributed by atoms with Gasteiger partial charge in [0.1, 0.15) is 16.7 Å². The van der Waals surface area contributed by atoms with Crippen molar-refractivity contribution >= 4 is 11.3 Å². The second kappa shape index (κ2) is 5.65. The van der Waals surface area contributed by atoms with E-state index in [1.807, 2.05) is 31.2 Å². The first kappa shape index (κ1) is 12.6. The fraction of sp³-hybridized carbons (Fsp3) is 0.286. The highest BCUT2D eigenvalue weighted by atomic mass is 32.1. The Hall–Kier alpha value is -1.86. The van der Waals surface area contributed by atoms with Crippen LogP contribution in [0.5, 0.6) is 5.75 Å². The normalized spacial score (nSPS) is 10.1. The van der Waals surface area contributed by atoms with Gasteiger partial charge in [0.2, 0.25) is 0 Å². The van der Waals surface area contributed by atoms with Crippen molar-refractivity contribution in [3.05, 3.63) is 45.4 Å². The summed E-state index contributed by atoms with van der Waals surface area (Å²) < 4.78 is 5.32. The van der Waals surface area contributed by atoms with Gasteiger partial charge < -0.3 is 4.74 Å². The van der Waals surface area contributed by atoms with Crippen molar-refractivity contribution < 1.29 is 4.74 Å². The van der Waals surface area contributed by atoms with Gasteiger partial charge in [-0.05, 0) is 12.5 Å². The maximum absolute atomic E-state index is 9.03. The van der Waals surface area contributed by atoms with Gasteiger partial charge in [0, 0.05) is 12.0 Å². The molecule has 0 aliphatic heterocycles. The molecule has 0 amide bonds. The minimum Gasteiger partial charge on any atom is -0.496 e. The topological polar surface area (TPSA) is 45.9 Å². The van der Waals surface area contributed by atoms with Crippen LogP contribution in [-0.2, 0) is 12.8 Å². The zero-order valence-electron chi connectivity index (χ0n) is 10.4. The summed E-state index contributed by atoms with van der Waals surface area (Å²) in [6.07, 6.45) is 1.51. The smallest absolute Gasteiger partial charge is 0.128 e. The van der Waals surface area contributed by atoms with E-state index in [0.717, 1.165) is 33.3 Å². The number of ether oxygens (including phenoxy) is 1. The molecule has 1 aromatic carbocycles. The number of hydrogen-bond acceptors (Lipinski definition) is 4. The molecule has 2 aromatic rings. The number of aromatic nitrogens is 1. The molecular formula is C14H14N2OS. The number of nitriles is 1. The first-order valence-corrected chi connectivity index (χ1v) is 6.60. The van der Waals surface area contributed by atoms with Gasteiger partial charge in [-0.3, -0.25) is 0 Å². The standard InChI is InChI=1S/C14H14N2OS/c1-3-11-13(9-15)18-14(16-11)8-10-6-4-5-7-12(10)17-2/h4-7H,3,8H2,1-2H3. The second-order valence-corrected chi connectivity index (χ2v) is 4.92. The first-order valence-electron chi connectivity index (χ1n) is 5.79. The monoisotopic (exact) mass is 258 g/mol. The van der Waals surface area contributed by atoms with Crippen LogP contribution < -0.4 is 4.74 Å². The lowest BCUT2D eigenvalue weighted by atomic mass is 10.1. The molecule has 92 valence electrons. The van der Waals surface area contributed by atoms with Crippen molar-refractivity contribution in [2.24, 2.45) is 0 Å². The van der Waals surface area contributed by atoms with Crippen LogP contribution in [0.1, 0.15) is 28.1 Å². The van der Waals surface area contributed by atoms with E-state index in [0.29, 0.717) is 6.42 Å². The lowest BCUT2D eigenvalue weighted by molar-refractivity contribution is 0.410. The number of benzene rings is 1. The van der Waals surface area contributed by atoms with Crippen molar-refractivity contribution in [2.45, 2.75) is 19.8 Å². The Balaban J connectivity index is 2.29. The Kier molecular flexibility index (Phi) is 3.96. The minimum absolute atomic E-state index is 0.712. The van der Waals surface area contributed by atoms with Crippen molar-refractivity contribution in [3.63, 3.8) is 0 Å². The number of rotatable bonds is 4. The molecule has 0 N–H and O–H groups in total. The SMILES string of the molecule is CCc1nc(Cc2ccccc2OC)sc1C#N. The third-order valence-corrected chi connectivity index (χ3v) is 3.71. The van der Waals surface area contributed by atoms with Gasteiger partial charge in [-0.1, -0.05) is 25.1 Å². The molecule has 2 rings (SSSR count). The van der Waals surface area contributed by atoms with Gasteiger partial charge >= 0.3 is 0 Å². The molecule has 1 aromatic heterocycles. The summed E-state index contributed by atoms with van der Waals surface area (Å²) in [5.74, 6) is 0.865. The Morgan fingerprint density at radius 1 is 1.39 bits per heavy atom. The molecule has 0 saturated heterocycles. The fourth-order valence-electron chi connectivity index (χ4n) is 1.82. The number of aryl methyl sites for hydroxylation is 1. The van der Waals surface area contributed by atoms with Crippen LogP contribution in [0.4, 0.5) is 0 Å². The van der Waals surface area contributed by atoms with Gasteiger partial charge in [-0.15, -0.1) is 11.3 Å². The molecule has 0 aliphatic rings. The summed E-state index contributed by atoms with van der Waals surface area (Å²) in [5, 5.41) is 9.99. The molecule has 0 fully saturated rings. The molecule has 4 heteroatoms. The molecule has 18 heavy (non-hydrogen) atoms. The molecule has 0 unspecified atom stereocenters. The van der Waals surface area contributed by atoms with Crippen LogP contribution in [0, 0.1) is 11.3 Å². The fourth-order valence-corrected chi connectivity index (χ4v) is 2.79. The highest BCUT2D eigenvalue weighted by molar-refractivity contribution is 7.12. The Bertz CT molecular complexity index is 584. The molecule has 0 bridgehead atoms. The molecule has 0 spiro atoms. The molecule has 0 atom stereocenters. The number of para-hydroxylation sites is 1. The van der Waals surface area contributed by atoms with Gasteiger partial charge in [0.15, 0.2) is 0 Å². The van der Waals surface area contributed by atoms with E-state index in [1.165, 1.54) is 11.3 Å². The quantitative estimate of drug-likeness (QED) is 0.846. The van der Waals surface area contributed by atoms with E-state index in [4.69, 9.17) is 10.00 Å². The minimum atomic E-state index is 0.712. The first-order chi connectivity index (χ1) is 8.78. The van der Waals surface area contributed by atoms with Crippen molar-refractivity contribution in [2.75, 3.05) is 7.11 Å². The Morgan fingerprint density at radius 2 is 2.17 bits per heavy atom. The maximum Gasteiger partial charge on any atom is 0.128 e. The zero-order valence-corrected chi connectivity index (χ0v) is 11.3. The van der Waals surface area contributed by atoms with E-state index < -0.39 is 0 Å². The van der Waals surface area contributed by atoms with Crippen LogP contribution in [0.25, 0.3) is 0 Å². The average Bonchev–Trinajstić information content (AvgIpc) is 2.81. The Labute approximate surface area is 111 Å². The van der Waals surface area contributed by atoms with Crippen molar-refractivity contribution in [3.8, 4) is 11.8 Å². The molecule has 0 saturated carbocycles. The summed E-state index contributed by atoms with van der Waals surface area (Å²) in [4.78, 5) is 5.24. The highest BCUT2D eigenvalue weighted by Crippen LogP contribution is 2.25. The van der Waals surface area contributed by atoms with Gasteiger partial charge in [0.05, 0.1) is 17.8 Å². The van der Waals surface area contributed by atoms with E-state index in [2.05, 4.69) is 11.1 Å². The number of hydrogen-bond donors (Lipinski definition) is 0. The second-order valence-electron chi connectivity index (χ2n) is 3.84. The number of thiazole rings is 1. The van der Waals surface area contributed by atoms with Gasteiger partial charge in [-0.25, -0.2) is 4.98 Å². The van der Waals surface area contributed by atoms with E-state index in [1.54, 1.807) is 7.11 Å². The van der Waals surface area contributed by atoms with Crippen LogP contribution >= 0.6 is 11.3 Å². The van der Waals surface area contributed by atoms with Crippen LogP contribution in [0.2, 0.25) is 0 Å². The van der Waals surface area contributed by atoms with Gasteiger partial charge in [0.25, 0.3) is 0 Å². The molecule has 3 nitrogen and oxygen atoms in total. The molecule has 0 aliphatic carbocycles. The average molecular weight is 258 g/mol. The van der Waals surface area contributed by atoms with Crippen molar-refractivity contribution in [1.82, 2.24) is 4.98 Å². The van der Waals surface area contributed by atoms with E-state index >= 15 is 0 Å². The summed E-state index contributed by atoms with van der Waals surface area (Å²) in [6.45, 7) is 2.02. The zero-order chi connectivity index (χ0) is 13.0. The van der Waals surface area contributed by atoms with Crippen LogP contribution in [0.15, 0.2) is 24.3 Å². The van der Waals surface area contributed by atoms with E-state index in [9.17, 15) is 0 Å².